The third kappa shape index (κ3) is 7.65. The number of carbonyl (C=O) groups excluding carboxylic acids is 1. The highest BCUT2D eigenvalue weighted by atomic mass is 35.5. The monoisotopic (exact) mass is 523 g/mol. The number of nitriles is 1. The molecular weight excluding hydrogens is 486 g/mol. The second kappa shape index (κ2) is 12.9. The summed E-state index contributed by atoms with van der Waals surface area (Å²) in [4.78, 5) is 14.6. The fraction of sp³-hybridized carbons (Fsp3) is 0.484. The molecule has 0 radical (unpaired) electrons. The fourth-order valence-corrected chi connectivity index (χ4v) is 6.36. The van der Waals surface area contributed by atoms with Crippen LogP contribution in [0.15, 0.2) is 54.6 Å². The van der Waals surface area contributed by atoms with E-state index in [4.69, 9.17) is 11.6 Å². The average Bonchev–Trinajstić information content (AvgIpc) is 3.41. The highest BCUT2D eigenvalue weighted by Crippen LogP contribution is 2.40. The minimum absolute atomic E-state index is 0.0891. The fourth-order valence-electron chi connectivity index (χ4n) is 5.03. The van der Waals surface area contributed by atoms with Gasteiger partial charge in [-0.3, -0.25) is 4.79 Å². The van der Waals surface area contributed by atoms with Crippen LogP contribution in [0, 0.1) is 35.5 Å². The molecule has 1 aliphatic carbocycles. The molecule has 0 saturated heterocycles. The molecule has 5 heteroatoms. The summed E-state index contributed by atoms with van der Waals surface area (Å²) in [6, 6.07) is 12.4. The Kier molecular flexibility index (Phi) is 10.1. The number of thiophene rings is 1. The molecule has 192 valence electrons. The first kappa shape index (κ1) is 28.4. The predicted octanol–water partition coefficient (Wildman–Crippen LogP) is 8.29. The minimum Gasteiger partial charge on any atom is -0.392 e. The van der Waals surface area contributed by atoms with E-state index in [1.54, 1.807) is 11.3 Å². The van der Waals surface area contributed by atoms with Crippen LogP contribution in [0.3, 0.4) is 0 Å². The Morgan fingerprint density at radius 1 is 1.36 bits per heavy atom. The molecule has 3 rings (SSSR count). The Morgan fingerprint density at radius 2 is 2.14 bits per heavy atom. The molecule has 2 aromatic rings. The lowest BCUT2D eigenvalue weighted by atomic mass is 9.84. The van der Waals surface area contributed by atoms with Crippen molar-refractivity contribution in [1.29, 1.82) is 5.26 Å². The van der Waals surface area contributed by atoms with E-state index in [1.807, 2.05) is 39.0 Å². The van der Waals surface area contributed by atoms with Gasteiger partial charge in [0, 0.05) is 22.2 Å². The van der Waals surface area contributed by atoms with E-state index in [0.717, 1.165) is 53.1 Å². The average molecular weight is 524 g/mol. The van der Waals surface area contributed by atoms with Crippen molar-refractivity contribution in [2.75, 3.05) is 0 Å². The molecule has 1 heterocycles. The quantitative estimate of drug-likeness (QED) is 0.225. The topological polar surface area (TPSA) is 61.1 Å². The van der Waals surface area contributed by atoms with Crippen molar-refractivity contribution >= 4 is 28.7 Å². The van der Waals surface area contributed by atoms with Crippen molar-refractivity contribution < 1.29 is 9.90 Å². The van der Waals surface area contributed by atoms with Crippen molar-refractivity contribution in [2.24, 2.45) is 17.3 Å². The number of aliphatic hydroxyl groups excluding tert-OH is 1. The number of nitrogens with zero attached hydrogens (tertiary/aromatic N) is 1. The van der Waals surface area contributed by atoms with Crippen LogP contribution in [-0.4, -0.2) is 17.0 Å². The van der Waals surface area contributed by atoms with Crippen LogP contribution in [0.4, 0.5) is 0 Å². The van der Waals surface area contributed by atoms with Crippen LogP contribution in [0.2, 0.25) is 5.02 Å². The van der Waals surface area contributed by atoms with E-state index in [-0.39, 0.29) is 23.7 Å². The highest BCUT2D eigenvalue weighted by molar-refractivity contribution is 7.14. The van der Waals surface area contributed by atoms with Gasteiger partial charge in [0.2, 0.25) is 0 Å². The third-order valence-electron chi connectivity index (χ3n) is 7.55. The van der Waals surface area contributed by atoms with E-state index in [1.165, 1.54) is 10.4 Å². The smallest absolute Gasteiger partial charge is 0.172 e. The van der Waals surface area contributed by atoms with Crippen LogP contribution in [0.5, 0.6) is 0 Å². The Bertz CT molecular complexity index is 1120. The molecular formula is C31H38ClNO2S. The molecule has 1 aromatic carbocycles. The summed E-state index contributed by atoms with van der Waals surface area (Å²) >= 11 is 7.76. The van der Waals surface area contributed by atoms with Crippen LogP contribution >= 0.6 is 22.9 Å². The lowest BCUT2D eigenvalue weighted by molar-refractivity contribution is 0.0972. The van der Waals surface area contributed by atoms with Crippen molar-refractivity contribution in [3.8, 4) is 6.07 Å². The number of hydrogen-bond acceptors (Lipinski definition) is 4. The molecule has 1 fully saturated rings. The molecule has 0 amide bonds. The summed E-state index contributed by atoms with van der Waals surface area (Å²) < 4.78 is 0. The maximum atomic E-state index is 12.6. The first-order valence-corrected chi connectivity index (χ1v) is 14.1. The van der Waals surface area contributed by atoms with Gasteiger partial charge < -0.3 is 5.11 Å². The number of allylic oxidation sites excluding steroid dienone is 1. The molecule has 1 saturated carbocycles. The molecule has 1 N–H and O–H groups in total. The number of ketones is 1. The summed E-state index contributed by atoms with van der Waals surface area (Å²) in [5.74, 6) is 0.496. The standard InChI is InChI=1S/C31H38ClNO2S/c1-5-31(4,20-33)15-14-28(34)30-13-12-25(36-30)9-7-10-26-22(3)18-29(35)27(26)11-6-8-23-16-21(2)17-24(32)19-23/h6,11-13,16-17,19,26-27,29,35H,3,5,7-10,14-15,18H2,1-2,4H3/t26-,27?,29+,31?/m0/s1. The molecule has 1 aromatic heterocycles. The van der Waals surface area contributed by atoms with Crippen LogP contribution in [0.25, 0.3) is 0 Å². The van der Waals surface area contributed by atoms with Crippen molar-refractivity contribution in [3.63, 3.8) is 0 Å². The zero-order valence-corrected chi connectivity index (χ0v) is 23.3. The summed E-state index contributed by atoms with van der Waals surface area (Å²) in [6.45, 7) is 10.2. The molecule has 4 atom stereocenters. The Labute approximate surface area is 225 Å². The summed E-state index contributed by atoms with van der Waals surface area (Å²) in [7, 11) is 0. The molecule has 3 nitrogen and oxygen atoms in total. The van der Waals surface area contributed by atoms with Gasteiger partial charge in [-0.1, -0.05) is 48.9 Å². The van der Waals surface area contributed by atoms with Gasteiger partial charge in [-0.25, -0.2) is 0 Å². The number of aryl methyl sites for hydroxylation is 2. The second-order valence-corrected chi connectivity index (χ2v) is 12.1. The van der Waals surface area contributed by atoms with Gasteiger partial charge in [-0.15, -0.1) is 11.3 Å². The Morgan fingerprint density at radius 3 is 2.83 bits per heavy atom. The maximum absolute atomic E-state index is 12.6. The van der Waals surface area contributed by atoms with Crippen LogP contribution in [0.1, 0.15) is 78.0 Å². The van der Waals surface area contributed by atoms with E-state index >= 15 is 0 Å². The van der Waals surface area contributed by atoms with Gasteiger partial charge in [0.25, 0.3) is 0 Å². The first-order chi connectivity index (χ1) is 17.1. The minimum atomic E-state index is -0.429. The summed E-state index contributed by atoms with van der Waals surface area (Å²) in [6.07, 6.45) is 10.0. The number of hydrogen-bond donors (Lipinski definition) is 1. The largest absolute Gasteiger partial charge is 0.392 e. The van der Waals surface area contributed by atoms with Crippen molar-refractivity contribution in [1.82, 2.24) is 0 Å². The number of carbonyl (C=O) groups is 1. The maximum Gasteiger partial charge on any atom is 0.172 e. The Balaban J connectivity index is 1.52. The van der Waals surface area contributed by atoms with Crippen LogP contribution in [-0.2, 0) is 12.8 Å². The zero-order valence-electron chi connectivity index (χ0n) is 21.7. The van der Waals surface area contributed by atoms with E-state index in [0.29, 0.717) is 19.3 Å². The van der Waals surface area contributed by atoms with Gasteiger partial charge in [0.1, 0.15) is 0 Å². The first-order valence-electron chi connectivity index (χ1n) is 13.0. The van der Waals surface area contributed by atoms with E-state index in [9.17, 15) is 15.2 Å². The third-order valence-corrected chi connectivity index (χ3v) is 8.95. The second-order valence-electron chi connectivity index (χ2n) is 10.5. The van der Waals surface area contributed by atoms with E-state index < -0.39 is 5.41 Å². The normalized spacial score (nSPS) is 21.6. The molecule has 2 unspecified atom stereocenters. The molecule has 0 aliphatic heterocycles. The zero-order chi connectivity index (χ0) is 26.3. The SMILES string of the molecule is C=C1C[C@@H](O)C(C=CCc2cc(C)cc(Cl)c2)[C@H]1CCCc1ccc(C(=O)CCC(C)(C#N)CC)s1. The summed E-state index contributed by atoms with van der Waals surface area (Å²) in [5, 5.41) is 20.7. The molecule has 0 spiro atoms. The van der Waals surface area contributed by atoms with Gasteiger partial charge in [0.05, 0.1) is 22.5 Å². The van der Waals surface area contributed by atoms with Crippen molar-refractivity contribution in [2.45, 2.75) is 78.2 Å². The van der Waals surface area contributed by atoms with Gasteiger partial charge in [-0.05, 0) is 100 Å². The number of Topliss-reactive ketones (excluding diaryl/α,β-unsaturated/α-hetero) is 1. The number of aliphatic hydroxyl groups is 1. The predicted molar refractivity (Wildman–Crippen MR) is 151 cm³/mol. The number of rotatable bonds is 12. The van der Waals surface area contributed by atoms with Gasteiger partial charge >= 0.3 is 0 Å². The lowest BCUT2D eigenvalue weighted by Gasteiger charge is -2.19. The molecule has 36 heavy (non-hydrogen) atoms. The van der Waals surface area contributed by atoms with E-state index in [2.05, 4.69) is 36.9 Å². The number of benzene rings is 1. The molecule has 0 bridgehead atoms. The molecule has 1 aliphatic rings. The highest BCUT2D eigenvalue weighted by Gasteiger charge is 2.35. The van der Waals surface area contributed by atoms with Crippen LogP contribution < -0.4 is 0 Å². The number of halogens is 1. The Hall–Kier alpha value is -2.19. The summed E-state index contributed by atoms with van der Waals surface area (Å²) in [5.41, 5.74) is 3.03. The lowest BCUT2D eigenvalue weighted by Crippen LogP contribution is -2.17. The van der Waals surface area contributed by atoms with Crippen molar-refractivity contribution in [3.05, 3.63) is 80.5 Å². The van der Waals surface area contributed by atoms with Gasteiger partial charge in [0.15, 0.2) is 5.78 Å². The van der Waals surface area contributed by atoms with Gasteiger partial charge in [-0.2, -0.15) is 5.26 Å².